The van der Waals surface area contributed by atoms with Crippen LogP contribution in [0.4, 0.5) is 5.69 Å². The molecule has 0 aromatic heterocycles. The average molecular weight is 240 g/mol. The molecule has 0 aliphatic rings. The quantitative estimate of drug-likeness (QED) is 0.476. The van der Waals surface area contributed by atoms with E-state index >= 15 is 0 Å². The minimum atomic E-state index is 0.473. The summed E-state index contributed by atoms with van der Waals surface area (Å²) < 4.78 is 0. The Morgan fingerprint density at radius 1 is 1.29 bits per heavy atom. The van der Waals surface area contributed by atoms with Crippen molar-refractivity contribution in [2.45, 2.75) is 12.5 Å². The van der Waals surface area contributed by atoms with Crippen LogP contribution in [0.1, 0.15) is 6.42 Å². The Hall–Kier alpha value is -0.329. The van der Waals surface area contributed by atoms with E-state index in [-0.39, 0.29) is 0 Å². The predicted molar refractivity (Wildman–Crippen MR) is 76.2 cm³/mol. The van der Waals surface area contributed by atoms with Crippen LogP contribution < -0.4 is 4.90 Å². The van der Waals surface area contributed by atoms with E-state index < -0.39 is 0 Å². The summed E-state index contributed by atoms with van der Waals surface area (Å²) in [5.74, 6) is 0. The highest BCUT2D eigenvalue weighted by Crippen LogP contribution is 2.11. The molecule has 1 aromatic rings. The minimum Gasteiger partial charge on any atom is -0.375 e. The number of hydrogen-bond acceptors (Lipinski definition) is 1. The molecule has 4 heteroatoms. The second kappa shape index (κ2) is 7.03. The van der Waals surface area contributed by atoms with Gasteiger partial charge in [-0.15, -0.1) is 0 Å². The van der Waals surface area contributed by atoms with Crippen molar-refractivity contribution < 1.29 is 0 Å². The van der Waals surface area contributed by atoms with E-state index in [2.05, 4.69) is 42.3 Å². The molecule has 0 aliphatic carbocycles. The van der Waals surface area contributed by atoms with E-state index in [0.717, 1.165) is 0 Å². The summed E-state index contributed by atoms with van der Waals surface area (Å²) in [6.07, 6.45) is 1.42. The Morgan fingerprint density at radius 2 is 2.00 bits per heavy atom. The van der Waals surface area contributed by atoms with Gasteiger partial charge in [0.15, 0.2) is 0 Å². The molecule has 1 nitrogen and oxygen atoms in total. The van der Waals surface area contributed by atoms with Crippen molar-refractivity contribution in [2.75, 3.05) is 18.5 Å². The largest absolute Gasteiger partial charge is 0.375 e. The molecule has 0 fully saturated rings. The van der Waals surface area contributed by atoms with Gasteiger partial charge in [0.1, 0.15) is 0 Å². The average Bonchev–Trinajstić information content (AvgIpc) is 2.25. The van der Waals surface area contributed by atoms with Crippen molar-refractivity contribution in [2.24, 2.45) is 0 Å². The van der Waals surface area contributed by atoms with Gasteiger partial charge in [0.2, 0.25) is 0 Å². The fourth-order valence-electron chi connectivity index (χ4n) is 1.59. The summed E-state index contributed by atoms with van der Waals surface area (Å²) in [7, 11) is 4.81. The van der Waals surface area contributed by atoms with E-state index in [9.17, 15) is 0 Å². The van der Waals surface area contributed by atoms with E-state index in [1.807, 2.05) is 0 Å². The number of hydrogen-bond donors (Lipinski definition) is 0. The first kappa shape index (κ1) is 11.7. The summed E-state index contributed by atoms with van der Waals surface area (Å²) in [4.78, 5) is 2.38. The summed E-state index contributed by atoms with van der Waals surface area (Å²) in [5, 5.41) is 0. The molecule has 14 heavy (non-hydrogen) atoms. The van der Waals surface area contributed by atoms with Crippen LogP contribution in [-0.2, 0) is 0 Å². The summed E-state index contributed by atoms with van der Waals surface area (Å²) in [6, 6.07) is 12.3. The number of anilines is 1. The van der Waals surface area contributed by atoms with Gasteiger partial charge in [0.05, 0.1) is 0 Å². The fraction of sp³-hybridized carbons (Fsp3) is 0.400. The molecule has 78 valence electrons. The van der Waals surface area contributed by atoms with Gasteiger partial charge < -0.3 is 4.90 Å². The van der Waals surface area contributed by atoms with E-state index in [4.69, 9.17) is 0 Å². The summed E-state index contributed by atoms with van der Waals surface area (Å²) in [5.41, 5.74) is 1.36. The number of rotatable bonds is 6. The fourth-order valence-corrected chi connectivity index (χ4v) is 9.73. The lowest BCUT2D eigenvalue weighted by Gasteiger charge is -2.18. The Kier molecular flexibility index (Phi) is 5.90. The van der Waals surface area contributed by atoms with Gasteiger partial charge in [-0.05, 0) is 36.9 Å². The predicted octanol–water partition coefficient (Wildman–Crippen LogP) is -0.536. The molecule has 0 amide bonds. The van der Waals surface area contributed by atoms with E-state index in [0.29, 0.717) is 17.6 Å². The van der Waals surface area contributed by atoms with Crippen molar-refractivity contribution >= 4 is 33.0 Å². The van der Waals surface area contributed by atoms with Crippen LogP contribution in [-0.4, -0.2) is 40.9 Å². The van der Waals surface area contributed by atoms with Crippen molar-refractivity contribution in [1.29, 1.82) is 0 Å². The van der Waals surface area contributed by atoms with Gasteiger partial charge in [-0.2, -0.15) is 0 Å². The van der Waals surface area contributed by atoms with Gasteiger partial charge in [-0.3, -0.25) is 0 Å². The lowest BCUT2D eigenvalue weighted by Crippen LogP contribution is -2.19. The van der Waals surface area contributed by atoms with Crippen LogP contribution in [0.25, 0.3) is 0 Å². The molecule has 1 rings (SSSR count). The highest BCUT2D eigenvalue weighted by atomic mass is 29.5. The second-order valence-corrected chi connectivity index (χ2v) is 20.4. The minimum absolute atomic E-state index is 0.473. The first-order chi connectivity index (χ1) is 6.84. The standard InChI is InChI=1S/C10H21NSi3/c1-11(8-5-9-13-14-12)10-6-3-2-4-7-10/h2-4,6-7H,5,8-9,13-14H2,1,12H3. The van der Waals surface area contributed by atoms with Crippen molar-refractivity contribution in [3.63, 3.8) is 0 Å². The van der Waals surface area contributed by atoms with Crippen molar-refractivity contribution in [1.82, 2.24) is 0 Å². The number of benzene rings is 1. The first-order valence-corrected chi connectivity index (χ1v) is 16.3. The van der Waals surface area contributed by atoms with Gasteiger partial charge in [-0.1, -0.05) is 24.2 Å². The van der Waals surface area contributed by atoms with E-state index in [1.54, 1.807) is 15.8 Å². The van der Waals surface area contributed by atoms with Crippen LogP contribution in [0.5, 0.6) is 0 Å². The molecular weight excluding hydrogens is 218 g/mol. The third-order valence-electron chi connectivity index (χ3n) is 2.54. The van der Waals surface area contributed by atoms with Gasteiger partial charge in [-0.25, -0.2) is 0 Å². The Bertz CT molecular complexity index is 240. The maximum Gasteiger partial charge on any atom is 0.0363 e. The zero-order valence-electron chi connectivity index (χ0n) is 9.37. The van der Waals surface area contributed by atoms with Crippen LogP contribution in [0.2, 0.25) is 6.04 Å². The number of nitrogens with zero attached hydrogens (tertiary/aromatic N) is 1. The maximum absolute atomic E-state index is 2.38. The first-order valence-electron chi connectivity index (χ1n) is 5.60. The highest BCUT2D eigenvalue weighted by molar-refractivity contribution is 7.23. The molecule has 0 saturated heterocycles. The molecule has 0 spiro atoms. The summed E-state index contributed by atoms with van der Waals surface area (Å²) >= 11 is 0. The SMILES string of the molecule is CN(CCC[SiH2][SiH2][SiH3])c1ccccc1. The molecule has 0 N–H and O–H groups in total. The van der Waals surface area contributed by atoms with Gasteiger partial charge in [0.25, 0.3) is 0 Å². The topological polar surface area (TPSA) is 3.24 Å². The zero-order valence-corrected chi connectivity index (χ0v) is 14.2. The lowest BCUT2D eigenvalue weighted by molar-refractivity contribution is 0.850. The van der Waals surface area contributed by atoms with E-state index in [1.165, 1.54) is 18.7 Å². The third-order valence-corrected chi connectivity index (χ3v) is 14.2. The Balaban J connectivity index is 2.25. The van der Waals surface area contributed by atoms with Gasteiger partial charge >= 0.3 is 0 Å². The molecule has 1 aromatic carbocycles. The molecule has 0 heterocycles. The molecule has 0 bridgehead atoms. The van der Waals surface area contributed by atoms with Crippen LogP contribution in [0.3, 0.4) is 0 Å². The summed E-state index contributed by atoms with van der Waals surface area (Å²) in [6.45, 7) is 1.24. The highest BCUT2D eigenvalue weighted by Gasteiger charge is 1.98. The smallest absolute Gasteiger partial charge is 0.0363 e. The molecule has 0 radical (unpaired) electrons. The molecule has 0 unspecified atom stereocenters. The lowest BCUT2D eigenvalue weighted by atomic mass is 10.3. The number of para-hydroxylation sites is 1. The normalized spacial score (nSPS) is 12.1. The Morgan fingerprint density at radius 3 is 2.64 bits per heavy atom. The Labute approximate surface area is 94.5 Å². The zero-order chi connectivity index (χ0) is 10.2. The van der Waals surface area contributed by atoms with Gasteiger partial charge in [0, 0.05) is 28.3 Å². The maximum atomic E-state index is 2.38. The van der Waals surface area contributed by atoms with Crippen molar-refractivity contribution in [3.8, 4) is 0 Å². The van der Waals surface area contributed by atoms with Crippen LogP contribution in [0.15, 0.2) is 30.3 Å². The monoisotopic (exact) mass is 239 g/mol. The molecule has 0 aliphatic heterocycles. The molecule has 0 atom stereocenters. The van der Waals surface area contributed by atoms with Crippen LogP contribution in [0, 0.1) is 0 Å². The second-order valence-electron chi connectivity index (χ2n) is 3.82. The molecule has 0 saturated carbocycles. The third kappa shape index (κ3) is 4.26. The molecular formula is C10H21NSi3. The van der Waals surface area contributed by atoms with Crippen LogP contribution >= 0.6 is 0 Å². The van der Waals surface area contributed by atoms with Crippen molar-refractivity contribution in [3.05, 3.63) is 30.3 Å².